The lowest BCUT2D eigenvalue weighted by Gasteiger charge is -2.22. The number of carbonyl (C=O) groups excluding carboxylic acids is 2. The van der Waals surface area contributed by atoms with Crippen molar-refractivity contribution in [3.05, 3.63) is 30.4 Å². The maximum absolute atomic E-state index is 12.3. The summed E-state index contributed by atoms with van der Waals surface area (Å²) in [4.78, 5) is 34.8. The molecule has 1 atom stereocenters. The van der Waals surface area contributed by atoms with Crippen LogP contribution in [0, 0.1) is 0 Å². The van der Waals surface area contributed by atoms with Crippen molar-refractivity contribution >= 4 is 11.8 Å². The Morgan fingerprint density at radius 2 is 2.28 bits per heavy atom. The molecule has 0 spiro atoms. The second-order valence-corrected chi connectivity index (χ2v) is 6.94. The summed E-state index contributed by atoms with van der Waals surface area (Å²) in [5, 5.41) is 6.99. The number of carbonyl (C=O) groups is 2. The molecule has 1 aliphatic rings. The third-order valence-corrected chi connectivity index (χ3v) is 4.90. The van der Waals surface area contributed by atoms with E-state index in [0.29, 0.717) is 44.4 Å². The highest BCUT2D eigenvalue weighted by atomic mass is 16.5. The van der Waals surface area contributed by atoms with Gasteiger partial charge in [0.2, 0.25) is 23.5 Å². The van der Waals surface area contributed by atoms with Crippen LogP contribution in [-0.4, -0.2) is 64.7 Å². The number of pyridine rings is 1. The molecule has 9 heteroatoms. The average molecular weight is 401 g/mol. The van der Waals surface area contributed by atoms with Crippen LogP contribution in [0.5, 0.6) is 0 Å². The van der Waals surface area contributed by atoms with E-state index in [1.807, 2.05) is 19.1 Å². The molecule has 0 radical (unpaired) electrons. The van der Waals surface area contributed by atoms with Gasteiger partial charge in [-0.15, -0.1) is 0 Å². The molecule has 9 nitrogen and oxygen atoms in total. The summed E-state index contributed by atoms with van der Waals surface area (Å²) in [6.45, 7) is 3.87. The van der Waals surface area contributed by atoms with E-state index >= 15 is 0 Å². The first-order valence-electron chi connectivity index (χ1n) is 10.0. The third kappa shape index (κ3) is 6.08. The number of nitrogens with zero attached hydrogens (tertiary/aromatic N) is 4. The predicted octanol–water partition coefficient (Wildman–Crippen LogP) is 1.77. The van der Waals surface area contributed by atoms with Crippen LogP contribution in [0.2, 0.25) is 0 Å². The second-order valence-electron chi connectivity index (χ2n) is 6.94. The van der Waals surface area contributed by atoms with Gasteiger partial charge in [-0.05, 0) is 38.3 Å². The lowest BCUT2D eigenvalue weighted by molar-refractivity contribution is -0.136. The largest absolute Gasteiger partial charge is 0.372 e. The minimum absolute atomic E-state index is 0.00941. The quantitative estimate of drug-likeness (QED) is 0.813. The van der Waals surface area contributed by atoms with Crippen LogP contribution in [0.3, 0.4) is 0 Å². The van der Waals surface area contributed by atoms with Gasteiger partial charge in [0.05, 0.1) is 0 Å². The zero-order valence-corrected chi connectivity index (χ0v) is 16.7. The van der Waals surface area contributed by atoms with Gasteiger partial charge in [0.1, 0.15) is 6.61 Å². The average Bonchev–Trinajstić information content (AvgIpc) is 3.22. The van der Waals surface area contributed by atoms with Gasteiger partial charge in [0.15, 0.2) is 0 Å². The van der Waals surface area contributed by atoms with Gasteiger partial charge in [0, 0.05) is 56.5 Å². The summed E-state index contributed by atoms with van der Waals surface area (Å²) in [6.07, 6.45) is 5.93. The van der Waals surface area contributed by atoms with Gasteiger partial charge in [-0.2, -0.15) is 4.98 Å². The topological polar surface area (TPSA) is 110 Å². The SMILES string of the molecule is CCOCC(=O)N1CCCC(c2nc(-c3cccnc3)no2)CCNC(=O)CC1. The monoisotopic (exact) mass is 401 g/mol. The maximum atomic E-state index is 12.3. The number of nitrogens with one attached hydrogen (secondary N) is 1. The molecule has 1 unspecified atom stereocenters. The Morgan fingerprint density at radius 1 is 1.38 bits per heavy atom. The smallest absolute Gasteiger partial charge is 0.248 e. The molecule has 2 aromatic rings. The van der Waals surface area contributed by atoms with Gasteiger partial charge in [-0.1, -0.05) is 5.16 Å². The molecular formula is C20H27N5O4. The van der Waals surface area contributed by atoms with Gasteiger partial charge in [0.25, 0.3) is 0 Å². The number of amides is 2. The standard InChI is InChI=1S/C20H27N5O4/c1-2-28-14-18(27)25-11-4-6-15(7-10-22-17(26)8-12-25)20-23-19(24-29-20)16-5-3-9-21-13-16/h3,5,9,13,15H,2,4,6-8,10-12,14H2,1H3,(H,22,26). The van der Waals surface area contributed by atoms with Crippen molar-refractivity contribution in [3.8, 4) is 11.4 Å². The second kappa shape index (κ2) is 10.7. The zero-order chi connectivity index (χ0) is 20.5. The summed E-state index contributed by atoms with van der Waals surface area (Å²) in [5.74, 6) is 0.896. The molecule has 1 saturated heterocycles. The number of aromatic nitrogens is 3. The third-order valence-electron chi connectivity index (χ3n) is 4.90. The van der Waals surface area contributed by atoms with E-state index in [1.54, 1.807) is 17.3 Å². The fourth-order valence-corrected chi connectivity index (χ4v) is 3.29. The van der Waals surface area contributed by atoms with Crippen LogP contribution >= 0.6 is 0 Å². The van der Waals surface area contributed by atoms with Crippen LogP contribution in [0.4, 0.5) is 0 Å². The van der Waals surface area contributed by atoms with Crippen LogP contribution in [0.1, 0.15) is 44.4 Å². The highest BCUT2D eigenvalue weighted by molar-refractivity contribution is 5.79. The van der Waals surface area contributed by atoms with Gasteiger partial charge in [-0.25, -0.2) is 0 Å². The first kappa shape index (κ1) is 20.9. The van der Waals surface area contributed by atoms with E-state index in [9.17, 15) is 9.59 Å². The molecular weight excluding hydrogens is 374 g/mol. The molecule has 0 aliphatic carbocycles. The highest BCUT2D eigenvalue weighted by Gasteiger charge is 2.22. The lowest BCUT2D eigenvalue weighted by Crippen LogP contribution is -2.37. The Kier molecular flexibility index (Phi) is 7.69. The van der Waals surface area contributed by atoms with Gasteiger partial charge >= 0.3 is 0 Å². The molecule has 1 N–H and O–H groups in total. The van der Waals surface area contributed by atoms with E-state index in [4.69, 9.17) is 9.26 Å². The Balaban J connectivity index is 1.68. The fourth-order valence-electron chi connectivity index (χ4n) is 3.29. The van der Waals surface area contributed by atoms with E-state index in [2.05, 4.69) is 20.4 Å². The normalized spacial score (nSPS) is 18.7. The van der Waals surface area contributed by atoms with Gasteiger partial charge < -0.3 is 19.5 Å². The minimum Gasteiger partial charge on any atom is -0.372 e. The van der Waals surface area contributed by atoms with Crippen molar-refractivity contribution in [3.63, 3.8) is 0 Å². The van der Waals surface area contributed by atoms with E-state index in [0.717, 1.165) is 18.4 Å². The lowest BCUT2D eigenvalue weighted by atomic mass is 9.99. The summed E-state index contributed by atoms with van der Waals surface area (Å²) < 4.78 is 10.7. The van der Waals surface area contributed by atoms with Crippen molar-refractivity contribution in [1.29, 1.82) is 0 Å². The summed E-state index contributed by atoms with van der Waals surface area (Å²) >= 11 is 0. The first-order chi connectivity index (χ1) is 14.2. The first-order valence-corrected chi connectivity index (χ1v) is 10.0. The predicted molar refractivity (Wildman–Crippen MR) is 105 cm³/mol. The Labute approximate surface area is 169 Å². The molecule has 2 aromatic heterocycles. The van der Waals surface area contributed by atoms with Crippen molar-refractivity contribution in [1.82, 2.24) is 25.3 Å². The molecule has 2 amide bonds. The molecule has 3 rings (SSSR count). The van der Waals surface area contributed by atoms with E-state index in [-0.39, 0.29) is 30.8 Å². The summed E-state index contributed by atoms with van der Waals surface area (Å²) in [6, 6.07) is 3.70. The van der Waals surface area contributed by atoms with Crippen LogP contribution < -0.4 is 5.32 Å². The van der Waals surface area contributed by atoms with Gasteiger partial charge in [-0.3, -0.25) is 14.6 Å². The van der Waals surface area contributed by atoms with Crippen molar-refractivity contribution in [2.24, 2.45) is 0 Å². The zero-order valence-electron chi connectivity index (χ0n) is 16.7. The summed E-state index contributed by atoms with van der Waals surface area (Å²) in [5.41, 5.74) is 0.792. The minimum atomic E-state index is -0.0906. The molecule has 0 saturated carbocycles. The molecule has 156 valence electrons. The van der Waals surface area contributed by atoms with Crippen LogP contribution in [0.15, 0.2) is 29.0 Å². The van der Waals surface area contributed by atoms with E-state index in [1.165, 1.54) is 0 Å². The van der Waals surface area contributed by atoms with Crippen molar-refractivity contribution in [2.75, 3.05) is 32.8 Å². The molecule has 0 aromatic carbocycles. The Bertz CT molecular complexity index is 795. The van der Waals surface area contributed by atoms with Crippen LogP contribution in [0.25, 0.3) is 11.4 Å². The maximum Gasteiger partial charge on any atom is 0.248 e. The van der Waals surface area contributed by atoms with Crippen LogP contribution in [-0.2, 0) is 14.3 Å². The number of hydrogen-bond donors (Lipinski definition) is 1. The highest BCUT2D eigenvalue weighted by Crippen LogP contribution is 2.26. The van der Waals surface area contributed by atoms with E-state index < -0.39 is 0 Å². The number of ether oxygens (including phenoxy) is 1. The Hall–Kier alpha value is -2.81. The molecule has 1 fully saturated rings. The van der Waals surface area contributed by atoms with Crippen molar-refractivity contribution < 1.29 is 18.8 Å². The Morgan fingerprint density at radius 3 is 3.07 bits per heavy atom. The molecule has 29 heavy (non-hydrogen) atoms. The molecule has 0 bridgehead atoms. The summed E-state index contributed by atoms with van der Waals surface area (Å²) in [7, 11) is 0. The number of rotatable bonds is 5. The molecule has 1 aliphatic heterocycles. The fraction of sp³-hybridized carbons (Fsp3) is 0.550. The molecule has 3 heterocycles. The number of hydrogen-bond acceptors (Lipinski definition) is 7. The van der Waals surface area contributed by atoms with Crippen molar-refractivity contribution in [2.45, 2.75) is 38.5 Å².